The molecular formula is C15H15BrN2O. The van der Waals surface area contributed by atoms with Crippen LogP contribution in [0.4, 0.5) is 11.4 Å². The minimum Gasteiger partial charge on any atom is -0.397 e. The summed E-state index contributed by atoms with van der Waals surface area (Å²) < 4.78 is 0.885. The van der Waals surface area contributed by atoms with Gasteiger partial charge in [0.15, 0.2) is 0 Å². The number of nitrogens with two attached hydrogens (primary N) is 1. The van der Waals surface area contributed by atoms with Crippen LogP contribution in [0.25, 0.3) is 0 Å². The molecule has 0 bridgehead atoms. The molecule has 0 aromatic heterocycles. The number of rotatable bonds is 3. The van der Waals surface area contributed by atoms with Gasteiger partial charge in [0.05, 0.1) is 11.4 Å². The zero-order valence-electron chi connectivity index (χ0n) is 10.6. The molecule has 0 aliphatic carbocycles. The van der Waals surface area contributed by atoms with Crippen LogP contribution in [0.1, 0.15) is 17.3 Å². The normalized spacial score (nSPS) is 10.2. The van der Waals surface area contributed by atoms with Gasteiger partial charge in [-0.3, -0.25) is 4.79 Å². The first-order valence-corrected chi connectivity index (χ1v) is 6.84. The van der Waals surface area contributed by atoms with Crippen LogP contribution in [0.5, 0.6) is 0 Å². The molecule has 2 N–H and O–H groups in total. The quantitative estimate of drug-likeness (QED) is 0.877. The molecule has 19 heavy (non-hydrogen) atoms. The molecule has 2 rings (SSSR count). The minimum atomic E-state index is -0.0540. The lowest BCUT2D eigenvalue weighted by atomic mass is 10.1. The number of carbonyl (C=O) groups is 1. The van der Waals surface area contributed by atoms with Crippen LogP contribution < -0.4 is 10.6 Å². The molecule has 0 saturated carbocycles. The Bertz CT molecular complexity index is 598. The molecule has 0 aliphatic heterocycles. The lowest BCUT2D eigenvalue weighted by molar-refractivity contribution is 0.0988. The Morgan fingerprint density at radius 1 is 1.21 bits per heavy atom. The predicted molar refractivity (Wildman–Crippen MR) is 82.3 cm³/mol. The molecule has 0 unspecified atom stereocenters. The van der Waals surface area contributed by atoms with Crippen LogP contribution >= 0.6 is 15.9 Å². The first-order valence-electron chi connectivity index (χ1n) is 6.05. The summed E-state index contributed by atoms with van der Waals surface area (Å²) >= 11 is 3.38. The Kier molecular flexibility index (Phi) is 4.22. The number of hydrogen-bond donors (Lipinski definition) is 1. The monoisotopic (exact) mass is 318 g/mol. The van der Waals surface area contributed by atoms with Gasteiger partial charge in [0.1, 0.15) is 0 Å². The fraction of sp³-hybridized carbons (Fsp3) is 0.133. The minimum absolute atomic E-state index is 0.0540. The van der Waals surface area contributed by atoms with Crippen molar-refractivity contribution in [3.8, 4) is 0 Å². The number of carbonyl (C=O) groups excluding carboxylic acids is 1. The molecule has 1 amide bonds. The van der Waals surface area contributed by atoms with Crippen molar-refractivity contribution in [2.45, 2.75) is 6.92 Å². The Balaban J connectivity index is 2.38. The Morgan fingerprint density at radius 3 is 2.58 bits per heavy atom. The van der Waals surface area contributed by atoms with Gasteiger partial charge in [0.2, 0.25) is 0 Å². The van der Waals surface area contributed by atoms with E-state index in [0.29, 0.717) is 17.8 Å². The highest BCUT2D eigenvalue weighted by Crippen LogP contribution is 2.24. The number of halogens is 1. The summed E-state index contributed by atoms with van der Waals surface area (Å²) in [6.07, 6.45) is 0. The van der Waals surface area contributed by atoms with Crippen LogP contribution in [-0.4, -0.2) is 12.5 Å². The van der Waals surface area contributed by atoms with Crippen molar-refractivity contribution in [3.63, 3.8) is 0 Å². The summed E-state index contributed by atoms with van der Waals surface area (Å²) in [7, 11) is 0. The van der Waals surface area contributed by atoms with Gasteiger partial charge in [-0.1, -0.05) is 34.1 Å². The average Bonchev–Trinajstić information content (AvgIpc) is 2.41. The predicted octanol–water partition coefficient (Wildman–Crippen LogP) is 3.70. The van der Waals surface area contributed by atoms with E-state index >= 15 is 0 Å². The molecule has 0 fully saturated rings. The van der Waals surface area contributed by atoms with Gasteiger partial charge < -0.3 is 10.6 Å². The number of nitrogen functional groups attached to an aromatic ring is 1. The van der Waals surface area contributed by atoms with Gasteiger partial charge in [0, 0.05) is 16.6 Å². The molecule has 0 spiro atoms. The molecule has 3 nitrogen and oxygen atoms in total. The topological polar surface area (TPSA) is 46.3 Å². The molecule has 0 aliphatic rings. The molecular weight excluding hydrogens is 304 g/mol. The maximum atomic E-state index is 12.5. The average molecular weight is 319 g/mol. The Morgan fingerprint density at radius 2 is 1.95 bits per heavy atom. The number of nitrogens with zero attached hydrogens (tertiary/aromatic N) is 1. The smallest absolute Gasteiger partial charge is 0.258 e. The van der Waals surface area contributed by atoms with E-state index in [1.54, 1.807) is 17.0 Å². The van der Waals surface area contributed by atoms with E-state index in [1.165, 1.54) is 0 Å². The molecule has 4 heteroatoms. The summed E-state index contributed by atoms with van der Waals surface area (Å²) in [6.45, 7) is 2.50. The molecule has 0 atom stereocenters. The fourth-order valence-electron chi connectivity index (χ4n) is 1.93. The van der Waals surface area contributed by atoms with Crippen molar-refractivity contribution in [2.24, 2.45) is 0 Å². The van der Waals surface area contributed by atoms with Crippen LogP contribution in [0.3, 0.4) is 0 Å². The van der Waals surface area contributed by atoms with Gasteiger partial charge >= 0.3 is 0 Å². The third-order valence-electron chi connectivity index (χ3n) is 2.86. The van der Waals surface area contributed by atoms with Gasteiger partial charge in [-0.2, -0.15) is 0 Å². The number of hydrogen-bond acceptors (Lipinski definition) is 2. The maximum absolute atomic E-state index is 12.5. The first kappa shape index (κ1) is 13.6. The number of anilines is 2. The summed E-state index contributed by atoms with van der Waals surface area (Å²) in [5.41, 5.74) is 7.93. The van der Waals surface area contributed by atoms with E-state index in [-0.39, 0.29) is 5.91 Å². The third-order valence-corrected chi connectivity index (χ3v) is 3.35. The number of amides is 1. The molecule has 2 aromatic rings. The van der Waals surface area contributed by atoms with Gasteiger partial charge in [0.25, 0.3) is 5.91 Å². The standard InChI is InChI=1S/C15H15BrN2O/c1-2-18(14-9-4-3-8-13(14)17)15(19)11-6-5-7-12(16)10-11/h3-10H,2,17H2,1H3. The van der Waals surface area contributed by atoms with Crippen molar-refractivity contribution >= 4 is 33.2 Å². The van der Waals surface area contributed by atoms with Crippen molar-refractivity contribution in [2.75, 3.05) is 17.2 Å². The zero-order valence-corrected chi connectivity index (χ0v) is 12.2. The van der Waals surface area contributed by atoms with Crippen molar-refractivity contribution < 1.29 is 4.79 Å². The SMILES string of the molecule is CCN(C(=O)c1cccc(Br)c1)c1ccccc1N. The molecule has 0 saturated heterocycles. The van der Waals surface area contributed by atoms with E-state index in [4.69, 9.17) is 5.73 Å². The van der Waals surface area contributed by atoms with E-state index in [2.05, 4.69) is 15.9 Å². The van der Waals surface area contributed by atoms with Crippen molar-refractivity contribution in [1.29, 1.82) is 0 Å². The molecule has 0 heterocycles. The van der Waals surface area contributed by atoms with Crippen LogP contribution in [0.2, 0.25) is 0 Å². The number of para-hydroxylation sites is 2. The second-order valence-electron chi connectivity index (χ2n) is 4.12. The molecule has 98 valence electrons. The molecule has 0 radical (unpaired) electrons. The number of benzene rings is 2. The van der Waals surface area contributed by atoms with E-state index in [1.807, 2.05) is 43.3 Å². The first-order chi connectivity index (χ1) is 9.13. The fourth-order valence-corrected chi connectivity index (χ4v) is 2.33. The van der Waals surface area contributed by atoms with Gasteiger partial charge in [-0.05, 0) is 37.3 Å². The summed E-state index contributed by atoms with van der Waals surface area (Å²) in [4.78, 5) is 14.2. The summed E-state index contributed by atoms with van der Waals surface area (Å²) in [5, 5.41) is 0. The lowest BCUT2D eigenvalue weighted by Gasteiger charge is -2.22. The highest BCUT2D eigenvalue weighted by Gasteiger charge is 2.17. The van der Waals surface area contributed by atoms with Gasteiger partial charge in [-0.15, -0.1) is 0 Å². The van der Waals surface area contributed by atoms with Crippen LogP contribution in [0.15, 0.2) is 53.0 Å². The van der Waals surface area contributed by atoms with E-state index in [0.717, 1.165) is 10.2 Å². The second-order valence-corrected chi connectivity index (χ2v) is 5.03. The van der Waals surface area contributed by atoms with E-state index < -0.39 is 0 Å². The van der Waals surface area contributed by atoms with Crippen LogP contribution in [0, 0.1) is 0 Å². The van der Waals surface area contributed by atoms with E-state index in [9.17, 15) is 4.79 Å². The zero-order chi connectivity index (χ0) is 13.8. The Labute approximate surface area is 121 Å². The summed E-state index contributed by atoms with van der Waals surface area (Å²) in [6, 6.07) is 14.7. The Hall–Kier alpha value is -1.81. The largest absolute Gasteiger partial charge is 0.397 e. The van der Waals surface area contributed by atoms with Crippen molar-refractivity contribution in [1.82, 2.24) is 0 Å². The van der Waals surface area contributed by atoms with Crippen LogP contribution in [-0.2, 0) is 0 Å². The highest BCUT2D eigenvalue weighted by molar-refractivity contribution is 9.10. The van der Waals surface area contributed by atoms with Crippen molar-refractivity contribution in [3.05, 3.63) is 58.6 Å². The molecule has 2 aromatic carbocycles. The second kappa shape index (κ2) is 5.89. The van der Waals surface area contributed by atoms with Gasteiger partial charge in [-0.25, -0.2) is 0 Å². The lowest BCUT2D eigenvalue weighted by Crippen LogP contribution is -2.31. The third kappa shape index (κ3) is 2.96. The summed E-state index contributed by atoms with van der Waals surface area (Å²) in [5.74, 6) is -0.0540. The highest BCUT2D eigenvalue weighted by atomic mass is 79.9. The maximum Gasteiger partial charge on any atom is 0.258 e.